The topological polar surface area (TPSA) is 40.5 Å². The standard InChI is InChI=1S/C20H24O2/c1-11-7-17(8-12(2)19(11)21)15(5)16(6)18-9-13(3)20(22)14(4)10-18/h7-10,16,21-22H,5H2,1-4,6H3. The van der Waals surface area contributed by atoms with Crippen molar-refractivity contribution >= 4 is 5.57 Å². The Balaban J connectivity index is 2.41. The van der Waals surface area contributed by atoms with E-state index in [0.717, 1.165) is 39.0 Å². The van der Waals surface area contributed by atoms with Gasteiger partial charge in [-0.05, 0) is 78.8 Å². The SMILES string of the molecule is C=C(c1cc(C)c(O)c(C)c1)C(C)c1cc(C)c(O)c(C)c1. The zero-order valence-electron chi connectivity index (χ0n) is 14.0. The quantitative estimate of drug-likeness (QED) is 0.822. The van der Waals surface area contributed by atoms with E-state index in [1.54, 1.807) is 0 Å². The minimum Gasteiger partial charge on any atom is -0.507 e. The van der Waals surface area contributed by atoms with Crippen LogP contribution in [0.2, 0.25) is 0 Å². The molecule has 116 valence electrons. The van der Waals surface area contributed by atoms with Gasteiger partial charge in [0.25, 0.3) is 0 Å². The maximum absolute atomic E-state index is 9.92. The van der Waals surface area contributed by atoms with Crippen molar-refractivity contribution in [3.63, 3.8) is 0 Å². The molecule has 0 fully saturated rings. The van der Waals surface area contributed by atoms with Crippen molar-refractivity contribution in [1.29, 1.82) is 0 Å². The van der Waals surface area contributed by atoms with Crippen molar-refractivity contribution in [2.45, 2.75) is 40.5 Å². The molecule has 0 aliphatic carbocycles. The van der Waals surface area contributed by atoms with Crippen LogP contribution in [0.5, 0.6) is 11.5 Å². The van der Waals surface area contributed by atoms with E-state index in [-0.39, 0.29) is 5.92 Å². The zero-order chi connectivity index (χ0) is 16.6. The predicted octanol–water partition coefficient (Wildman–Crippen LogP) is 5.15. The number of phenols is 2. The summed E-state index contributed by atoms with van der Waals surface area (Å²) in [7, 11) is 0. The summed E-state index contributed by atoms with van der Waals surface area (Å²) < 4.78 is 0. The van der Waals surface area contributed by atoms with E-state index < -0.39 is 0 Å². The van der Waals surface area contributed by atoms with Gasteiger partial charge in [0.1, 0.15) is 11.5 Å². The smallest absolute Gasteiger partial charge is 0.121 e. The molecular weight excluding hydrogens is 272 g/mol. The van der Waals surface area contributed by atoms with Gasteiger partial charge in [0.2, 0.25) is 0 Å². The lowest BCUT2D eigenvalue weighted by Gasteiger charge is -2.19. The molecule has 2 rings (SSSR count). The molecule has 0 saturated carbocycles. The van der Waals surface area contributed by atoms with Crippen LogP contribution in [-0.2, 0) is 0 Å². The number of benzene rings is 2. The first-order chi connectivity index (χ1) is 10.2. The summed E-state index contributed by atoms with van der Waals surface area (Å²) in [4.78, 5) is 0. The minimum absolute atomic E-state index is 0.140. The lowest BCUT2D eigenvalue weighted by atomic mass is 9.86. The lowest BCUT2D eigenvalue weighted by molar-refractivity contribution is 0.466. The zero-order valence-corrected chi connectivity index (χ0v) is 14.0. The molecule has 2 aromatic rings. The van der Waals surface area contributed by atoms with Crippen LogP contribution >= 0.6 is 0 Å². The second-order valence-electron chi connectivity index (χ2n) is 6.21. The molecule has 1 unspecified atom stereocenters. The number of aromatic hydroxyl groups is 2. The monoisotopic (exact) mass is 296 g/mol. The average molecular weight is 296 g/mol. The number of rotatable bonds is 3. The van der Waals surface area contributed by atoms with E-state index in [2.05, 4.69) is 13.5 Å². The van der Waals surface area contributed by atoms with Crippen molar-refractivity contribution in [3.8, 4) is 11.5 Å². The highest BCUT2D eigenvalue weighted by atomic mass is 16.3. The van der Waals surface area contributed by atoms with Crippen LogP contribution in [-0.4, -0.2) is 10.2 Å². The molecule has 0 saturated heterocycles. The molecule has 2 heteroatoms. The highest BCUT2D eigenvalue weighted by molar-refractivity contribution is 5.71. The summed E-state index contributed by atoms with van der Waals surface area (Å²) in [5, 5.41) is 19.8. The number of aryl methyl sites for hydroxylation is 4. The molecule has 0 spiro atoms. The van der Waals surface area contributed by atoms with Gasteiger partial charge in [-0.3, -0.25) is 0 Å². The van der Waals surface area contributed by atoms with Crippen molar-refractivity contribution in [1.82, 2.24) is 0 Å². The largest absolute Gasteiger partial charge is 0.507 e. The van der Waals surface area contributed by atoms with Gasteiger partial charge in [0.15, 0.2) is 0 Å². The van der Waals surface area contributed by atoms with Crippen LogP contribution < -0.4 is 0 Å². The Morgan fingerprint density at radius 3 is 1.59 bits per heavy atom. The van der Waals surface area contributed by atoms with Crippen LogP contribution in [0, 0.1) is 27.7 Å². The van der Waals surface area contributed by atoms with Crippen molar-refractivity contribution in [3.05, 3.63) is 64.2 Å². The van der Waals surface area contributed by atoms with Crippen molar-refractivity contribution in [2.75, 3.05) is 0 Å². The normalized spacial score (nSPS) is 12.2. The predicted molar refractivity (Wildman–Crippen MR) is 92.6 cm³/mol. The molecule has 0 heterocycles. The van der Waals surface area contributed by atoms with Crippen LogP contribution in [0.4, 0.5) is 0 Å². The van der Waals surface area contributed by atoms with Gasteiger partial charge in [-0.15, -0.1) is 0 Å². The first-order valence-corrected chi connectivity index (χ1v) is 7.51. The fraction of sp³-hybridized carbons (Fsp3) is 0.300. The van der Waals surface area contributed by atoms with E-state index in [9.17, 15) is 10.2 Å². The van der Waals surface area contributed by atoms with Gasteiger partial charge in [-0.2, -0.15) is 0 Å². The third kappa shape index (κ3) is 2.87. The summed E-state index contributed by atoms with van der Waals surface area (Å²) in [6, 6.07) is 7.97. The molecule has 0 radical (unpaired) electrons. The highest BCUT2D eigenvalue weighted by Gasteiger charge is 2.15. The Bertz CT molecular complexity index is 695. The molecule has 1 atom stereocenters. The fourth-order valence-corrected chi connectivity index (χ4v) is 2.83. The summed E-state index contributed by atoms with van der Waals surface area (Å²) in [6.45, 7) is 14.0. The fourth-order valence-electron chi connectivity index (χ4n) is 2.83. The molecule has 2 nitrogen and oxygen atoms in total. The Morgan fingerprint density at radius 1 is 0.818 bits per heavy atom. The maximum atomic E-state index is 9.92. The molecule has 0 bridgehead atoms. The van der Waals surface area contributed by atoms with Gasteiger partial charge in [0.05, 0.1) is 0 Å². The van der Waals surface area contributed by atoms with Gasteiger partial charge < -0.3 is 10.2 Å². The molecule has 22 heavy (non-hydrogen) atoms. The van der Waals surface area contributed by atoms with Crippen LogP contribution in [0.3, 0.4) is 0 Å². The molecule has 2 aromatic carbocycles. The second-order valence-corrected chi connectivity index (χ2v) is 6.21. The third-order valence-electron chi connectivity index (χ3n) is 4.40. The number of hydrogen-bond acceptors (Lipinski definition) is 2. The maximum Gasteiger partial charge on any atom is 0.121 e. The second kappa shape index (κ2) is 5.88. The lowest BCUT2D eigenvalue weighted by Crippen LogP contribution is -1.99. The van der Waals surface area contributed by atoms with E-state index >= 15 is 0 Å². The Hall–Kier alpha value is -2.22. The molecular formula is C20H24O2. The van der Waals surface area contributed by atoms with Crippen molar-refractivity contribution < 1.29 is 10.2 Å². The third-order valence-corrected chi connectivity index (χ3v) is 4.40. The van der Waals surface area contributed by atoms with Crippen LogP contribution in [0.15, 0.2) is 30.8 Å². The summed E-state index contributed by atoms with van der Waals surface area (Å²) in [5.74, 6) is 0.847. The summed E-state index contributed by atoms with van der Waals surface area (Å²) >= 11 is 0. The van der Waals surface area contributed by atoms with E-state index in [1.165, 1.54) is 0 Å². The Morgan fingerprint density at radius 2 is 1.18 bits per heavy atom. The van der Waals surface area contributed by atoms with Gasteiger partial charge in [-0.1, -0.05) is 25.6 Å². The average Bonchev–Trinajstić information content (AvgIpc) is 2.47. The van der Waals surface area contributed by atoms with E-state index in [4.69, 9.17) is 0 Å². The first-order valence-electron chi connectivity index (χ1n) is 7.51. The van der Waals surface area contributed by atoms with E-state index in [0.29, 0.717) is 11.5 Å². The number of hydrogen-bond donors (Lipinski definition) is 2. The number of phenolic OH excluding ortho intramolecular Hbond substituents is 2. The molecule has 2 N–H and O–H groups in total. The van der Waals surface area contributed by atoms with E-state index in [1.807, 2.05) is 52.0 Å². The van der Waals surface area contributed by atoms with Gasteiger partial charge >= 0.3 is 0 Å². The highest BCUT2D eigenvalue weighted by Crippen LogP contribution is 2.36. The summed E-state index contributed by atoms with van der Waals surface area (Å²) in [5.41, 5.74) is 6.68. The Labute approximate surface area is 132 Å². The molecule has 0 amide bonds. The van der Waals surface area contributed by atoms with Gasteiger partial charge in [0, 0.05) is 5.92 Å². The molecule has 0 aromatic heterocycles. The Kier molecular flexibility index (Phi) is 4.32. The molecule has 0 aliphatic heterocycles. The van der Waals surface area contributed by atoms with Crippen LogP contribution in [0.25, 0.3) is 5.57 Å². The van der Waals surface area contributed by atoms with Gasteiger partial charge in [-0.25, -0.2) is 0 Å². The minimum atomic E-state index is 0.140. The van der Waals surface area contributed by atoms with Crippen molar-refractivity contribution in [2.24, 2.45) is 0 Å². The molecule has 0 aliphatic rings. The number of allylic oxidation sites excluding steroid dienone is 1. The van der Waals surface area contributed by atoms with Crippen LogP contribution in [0.1, 0.15) is 46.2 Å². The first kappa shape index (κ1) is 16.2. The summed E-state index contributed by atoms with van der Waals surface area (Å²) in [6.07, 6.45) is 0.